The third-order valence-electron chi connectivity index (χ3n) is 1.43. The first-order valence-electron chi connectivity index (χ1n) is 4.12. The van der Waals surface area contributed by atoms with Gasteiger partial charge in [0.05, 0.1) is 4.92 Å². The maximum absolute atomic E-state index is 10.3. The third-order valence-corrected chi connectivity index (χ3v) is 1.43. The largest absolute Gasteiger partial charge is 0.399 e. The Morgan fingerprint density at radius 3 is 2.31 bits per heavy atom. The molecule has 0 saturated heterocycles. The highest BCUT2D eigenvalue weighted by atomic mass is 16.6. The van der Waals surface area contributed by atoms with Gasteiger partial charge in [-0.1, -0.05) is 19.9 Å². The molecule has 1 rings (SSSR count). The predicted molar refractivity (Wildman–Crippen MR) is 53.6 cm³/mol. The summed E-state index contributed by atoms with van der Waals surface area (Å²) in [6.07, 6.45) is 0. The average Bonchev–Trinajstić information content (AvgIpc) is 2.12. The second kappa shape index (κ2) is 5.13. The predicted octanol–water partition coefficient (Wildman–Crippen LogP) is 2.51. The Morgan fingerprint density at radius 2 is 1.92 bits per heavy atom. The van der Waals surface area contributed by atoms with Crippen LogP contribution in [-0.2, 0) is 0 Å². The van der Waals surface area contributed by atoms with E-state index in [1.807, 2.05) is 13.8 Å². The van der Waals surface area contributed by atoms with Crippen molar-refractivity contribution in [1.82, 2.24) is 0 Å². The second-order valence-corrected chi connectivity index (χ2v) is 2.30. The number of nitrogen functional groups attached to an aromatic ring is 1. The van der Waals surface area contributed by atoms with E-state index < -0.39 is 4.92 Å². The molecule has 0 amide bonds. The van der Waals surface area contributed by atoms with E-state index in [1.54, 1.807) is 19.1 Å². The smallest absolute Gasteiger partial charge is 0.274 e. The molecule has 0 bridgehead atoms. The Bertz CT molecular complexity index is 298. The maximum atomic E-state index is 10.3. The van der Waals surface area contributed by atoms with Crippen LogP contribution in [0.4, 0.5) is 11.4 Å². The fraction of sp³-hybridized carbons (Fsp3) is 0.333. The standard InChI is InChI=1S/C7H8N2O2.C2H6/c1-5-2-3-6(8)4-7(5)9(10)11;1-2/h2-4H,8H2,1H3;1-2H3. The van der Waals surface area contributed by atoms with E-state index in [0.29, 0.717) is 11.3 Å². The molecule has 0 aliphatic heterocycles. The maximum Gasteiger partial charge on any atom is 0.274 e. The quantitative estimate of drug-likeness (QED) is 0.412. The molecule has 1 aromatic carbocycles. The van der Waals surface area contributed by atoms with Gasteiger partial charge in [0.2, 0.25) is 0 Å². The molecule has 1 aromatic rings. The van der Waals surface area contributed by atoms with Crippen LogP contribution in [0.25, 0.3) is 0 Å². The number of nitrogens with two attached hydrogens (primary N) is 1. The molecule has 4 nitrogen and oxygen atoms in total. The van der Waals surface area contributed by atoms with Crippen LogP contribution in [0.3, 0.4) is 0 Å². The minimum Gasteiger partial charge on any atom is -0.399 e. The topological polar surface area (TPSA) is 69.2 Å². The van der Waals surface area contributed by atoms with Crippen LogP contribution in [0.2, 0.25) is 0 Å². The molecule has 0 fully saturated rings. The van der Waals surface area contributed by atoms with Crippen LogP contribution >= 0.6 is 0 Å². The summed E-state index contributed by atoms with van der Waals surface area (Å²) in [6.45, 7) is 5.68. The van der Waals surface area contributed by atoms with Gasteiger partial charge in [-0.2, -0.15) is 0 Å². The van der Waals surface area contributed by atoms with Gasteiger partial charge in [0.15, 0.2) is 0 Å². The highest BCUT2D eigenvalue weighted by Crippen LogP contribution is 2.19. The van der Waals surface area contributed by atoms with Crippen LogP contribution < -0.4 is 5.73 Å². The van der Waals surface area contributed by atoms with E-state index in [2.05, 4.69) is 0 Å². The number of hydrogen-bond acceptors (Lipinski definition) is 3. The van der Waals surface area contributed by atoms with Gasteiger partial charge >= 0.3 is 0 Å². The zero-order chi connectivity index (χ0) is 10.4. The zero-order valence-electron chi connectivity index (χ0n) is 8.07. The van der Waals surface area contributed by atoms with E-state index >= 15 is 0 Å². The lowest BCUT2D eigenvalue weighted by molar-refractivity contribution is -0.385. The number of rotatable bonds is 1. The van der Waals surface area contributed by atoms with Gasteiger partial charge in [-0.25, -0.2) is 0 Å². The number of benzene rings is 1. The Hall–Kier alpha value is -1.58. The first-order chi connectivity index (χ1) is 6.11. The van der Waals surface area contributed by atoms with E-state index in [9.17, 15) is 10.1 Å². The van der Waals surface area contributed by atoms with Crippen LogP contribution in [0.1, 0.15) is 19.4 Å². The summed E-state index contributed by atoms with van der Waals surface area (Å²) in [5, 5.41) is 10.3. The summed E-state index contributed by atoms with van der Waals surface area (Å²) in [7, 11) is 0. The molecular formula is C9H14N2O2. The van der Waals surface area contributed by atoms with Gasteiger partial charge in [-0.15, -0.1) is 0 Å². The monoisotopic (exact) mass is 182 g/mol. The van der Waals surface area contributed by atoms with Crippen molar-refractivity contribution < 1.29 is 4.92 Å². The van der Waals surface area contributed by atoms with E-state index in [-0.39, 0.29) is 5.69 Å². The fourth-order valence-corrected chi connectivity index (χ4v) is 0.823. The van der Waals surface area contributed by atoms with Crippen LogP contribution in [0, 0.1) is 17.0 Å². The lowest BCUT2D eigenvalue weighted by Crippen LogP contribution is -1.93. The number of nitro groups is 1. The number of anilines is 1. The number of nitrogens with zero attached hydrogens (tertiary/aromatic N) is 1. The van der Waals surface area contributed by atoms with Gasteiger partial charge in [0.1, 0.15) is 0 Å². The first kappa shape index (κ1) is 11.4. The summed E-state index contributed by atoms with van der Waals surface area (Å²) in [4.78, 5) is 9.89. The molecule has 0 aliphatic carbocycles. The SMILES string of the molecule is CC.Cc1ccc(N)cc1[N+](=O)[O-]. The Morgan fingerprint density at radius 1 is 1.38 bits per heavy atom. The Balaban J connectivity index is 0.000000671. The molecule has 72 valence electrons. The molecule has 0 unspecified atom stereocenters. The third kappa shape index (κ3) is 3.11. The number of nitro benzene ring substituents is 1. The van der Waals surface area contributed by atoms with Crippen molar-refractivity contribution in [3.8, 4) is 0 Å². The highest BCUT2D eigenvalue weighted by molar-refractivity contribution is 5.51. The average molecular weight is 182 g/mol. The molecule has 0 aromatic heterocycles. The van der Waals surface area contributed by atoms with Crippen molar-refractivity contribution in [1.29, 1.82) is 0 Å². The molecule has 0 saturated carbocycles. The number of aryl methyl sites for hydroxylation is 1. The molecule has 0 heterocycles. The van der Waals surface area contributed by atoms with Gasteiger partial charge in [-0.3, -0.25) is 10.1 Å². The molecule has 13 heavy (non-hydrogen) atoms. The minimum atomic E-state index is -0.439. The second-order valence-electron chi connectivity index (χ2n) is 2.30. The van der Waals surface area contributed by atoms with E-state index in [4.69, 9.17) is 5.73 Å². The molecule has 0 atom stereocenters. The number of hydrogen-bond donors (Lipinski definition) is 1. The molecule has 0 radical (unpaired) electrons. The van der Waals surface area contributed by atoms with Crippen LogP contribution in [0.5, 0.6) is 0 Å². The van der Waals surface area contributed by atoms with Crippen molar-refractivity contribution in [3.63, 3.8) is 0 Å². The molecular weight excluding hydrogens is 168 g/mol. The normalized spacial score (nSPS) is 8.54. The summed E-state index contributed by atoms with van der Waals surface area (Å²) in [5.41, 5.74) is 6.48. The molecule has 0 spiro atoms. The highest BCUT2D eigenvalue weighted by Gasteiger charge is 2.08. The van der Waals surface area contributed by atoms with Crippen LogP contribution in [-0.4, -0.2) is 4.92 Å². The van der Waals surface area contributed by atoms with Crippen molar-refractivity contribution in [2.24, 2.45) is 0 Å². The lowest BCUT2D eigenvalue weighted by atomic mass is 10.2. The van der Waals surface area contributed by atoms with Crippen molar-refractivity contribution in [3.05, 3.63) is 33.9 Å². The molecule has 2 N–H and O–H groups in total. The Kier molecular flexibility index (Phi) is 4.51. The van der Waals surface area contributed by atoms with Crippen molar-refractivity contribution in [2.45, 2.75) is 20.8 Å². The van der Waals surface area contributed by atoms with Gasteiger partial charge in [0.25, 0.3) is 5.69 Å². The van der Waals surface area contributed by atoms with E-state index in [0.717, 1.165) is 0 Å². The Labute approximate surface area is 77.5 Å². The van der Waals surface area contributed by atoms with Crippen LogP contribution in [0.15, 0.2) is 18.2 Å². The summed E-state index contributed by atoms with van der Waals surface area (Å²) in [5.74, 6) is 0. The molecule has 4 heteroatoms. The van der Waals surface area contributed by atoms with Gasteiger partial charge < -0.3 is 5.73 Å². The fourth-order valence-electron chi connectivity index (χ4n) is 0.823. The lowest BCUT2D eigenvalue weighted by Gasteiger charge is -1.96. The summed E-state index contributed by atoms with van der Waals surface area (Å²) < 4.78 is 0. The van der Waals surface area contributed by atoms with Crippen molar-refractivity contribution in [2.75, 3.05) is 5.73 Å². The van der Waals surface area contributed by atoms with Crippen molar-refractivity contribution >= 4 is 11.4 Å². The zero-order valence-corrected chi connectivity index (χ0v) is 8.07. The van der Waals surface area contributed by atoms with Gasteiger partial charge in [0, 0.05) is 17.3 Å². The van der Waals surface area contributed by atoms with Gasteiger partial charge in [-0.05, 0) is 13.0 Å². The molecule has 0 aliphatic rings. The first-order valence-corrected chi connectivity index (χ1v) is 4.12. The minimum absolute atomic E-state index is 0.0741. The van der Waals surface area contributed by atoms with E-state index in [1.165, 1.54) is 6.07 Å². The summed E-state index contributed by atoms with van der Waals surface area (Å²) >= 11 is 0. The summed E-state index contributed by atoms with van der Waals surface area (Å²) in [6, 6.07) is 4.63.